The second-order valence-electron chi connectivity index (χ2n) is 36.2. The number of nitrogens with zero attached hydrogens (tertiary/aromatic N) is 14. The van der Waals surface area contributed by atoms with Crippen molar-refractivity contribution in [2.45, 2.75) is 134 Å². The number of hydrogen-bond donors (Lipinski definition) is 0. The predicted molar refractivity (Wildman–Crippen MR) is 558 cm³/mol. The Balaban J connectivity index is 0.000000159. The molecule has 0 amide bonds. The molecule has 20 aromatic rings. The number of benzene rings is 14. The van der Waals surface area contributed by atoms with Crippen LogP contribution >= 0.6 is 0 Å². The number of anilines is 6. The minimum absolute atomic E-state index is 0. The molecule has 0 unspecified atom stereocenters. The molecule has 6 aromatic heterocycles. The summed E-state index contributed by atoms with van der Waals surface area (Å²) in [5.41, 5.74) is 38.2. The minimum Gasteiger partial charge on any atom is -0.497 e. The van der Waals surface area contributed by atoms with Gasteiger partial charge < -0.3 is 41.9 Å². The number of imidazole rings is 6. The van der Waals surface area contributed by atoms with E-state index in [1.165, 1.54) is 78.1 Å². The van der Waals surface area contributed by atoms with Crippen LogP contribution in [0.5, 0.6) is 11.5 Å². The van der Waals surface area contributed by atoms with Crippen LogP contribution in [0, 0.1) is 91.8 Å². The van der Waals surface area contributed by atoms with Gasteiger partial charge in [0.05, 0.1) is 72.1 Å². The second kappa shape index (κ2) is 44.7. The molecule has 0 aliphatic carbocycles. The molecule has 0 aliphatic heterocycles. The molecule has 0 radical (unpaired) electrons. The van der Waals surface area contributed by atoms with E-state index >= 15 is 0 Å². The van der Waals surface area contributed by atoms with E-state index in [0.717, 1.165) is 124 Å². The molecule has 0 bridgehead atoms. The van der Waals surface area contributed by atoms with Gasteiger partial charge in [0, 0.05) is 57.0 Å². The van der Waals surface area contributed by atoms with Gasteiger partial charge in [-0.2, -0.15) is 0 Å². The quantitative estimate of drug-likeness (QED) is 0.0544. The van der Waals surface area contributed by atoms with Crippen molar-refractivity contribution in [1.29, 1.82) is 0 Å². The van der Waals surface area contributed by atoms with Gasteiger partial charge in [-0.15, -0.1) is 167 Å². The van der Waals surface area contributed by atoms with Crippen molar-refractivity contribution >= 4 is 34.1 Å². The van der Waals surface area contributed by atoms with Gasteiger partial charge in [0.2, 0.25) is 0 Å². The van der Waals surface area contributed by atoms with Crippen molar-refractivity contribution in [3.63, 3.8) is 0 Å². The van der Waals surface area contributed by atoms with Gasteiger partial charge in [0.15, 0.2) is 0 Å². The van der Waals surface area contributed by atoms with Gasteiger partial charge in [-0.25, -0.2) is 0 Å². The summed E-state index contributed by atoms with van der Waals surface area (Å²) in [5.74, 6) is 2.75. The van der Waals surface area contributed by atoms with Gasteiger partial charge in [-0.1, -0.05) is 213 Å². The van der Waals surface area contributed by atoms with Crippen LogP contribution < -0.4 is 14.5 Å². The zero-order valence-corrected chi connectivity index (χ0v) is 88.2. The molecular formula is C122H110N14OPt3. The van der Waals surface area contributed by atoms with E-state index in [9.17, 15) is 0 Å². The molecule has 0 atom stereocenters. The molecule has 0 N–H and O–H groups in total. The fourth-order valence-corrected chi connectivity index (χ4v) is 18.3. The largest absolute Gasteiger partial charge is 2.00 e. The van der Waals surface area contributed by atoms with Crippen molar-refractivity contribution in [2.24, 2.45) is 0 Å². The molecule has 0 aliphatic rings. The zero-order valence-electron chi connectivity index (χ0n) is 81.4. The van der Waals surface area contributed by atoms with E-state index < -0.39 is 0 Å². The van der Waals surface area contributed by atoms with Gasteiger partial charge in [-0.3, -0.25) is 29.9 Å². The summed E-state index contributed by atoms with van der Waals surface area (Å²) in [6.45, 7) is 35.0. The summed E-state index contributed by atoms with van der Waals surface area (Å²) in [6.07, 6.45) is 23.9. The van der Waals surface area contributed by atoms with E-state index in [1.54, 1.807) is 0 Å². The topological polar surface area (TPSA) is 123 Å². The van der Waals surface area contributed by atoms with Gasteiger partial charge in [0.1, 0.15) is 0 Å². The van der Waals surface area contributed by atoms with Crippen LogP contribution in [0.15, 0.2) is 354 Å². The number of ether oxygens (including phenoxy) is 1. The SMILES string of the molecule is CC(C)c1cccc(C(C)C)c1-n1cnc(-c2[c-]c(N(c3[c-]c(-c4cn(-c5c(C(C)C)cccc5C(C)C)cn4)ccc3)c3ccccc3)ccc2)c1.Cc1cccc(C)c1-n1cnc(-c2[c-]c(N(c3[c-]c(-c4cn(-c5c(C)cccc5C)cn4)ccc3)c3ccccc3)ccc2)c1.Cc1cccc(C)c1-n1cnc(-c2[c-]c(Oc3[c-]c(-c4cn(-c5c(C)cccc5C)cn4)ccc3)ccc2)c1.[Pt+2].[Pt+2].[Pt+2]. The normalized spacial score (nSPS) is 11.1. The first-order valence-electron chi connectivity index (χ1n) is 46.8. The molecule has 140 heavy (non-hydrogen) atoms. The smallest absolute Gasteiger partial charge is 0.497 e. The van der Waals surface area contributed by atoms with Crippen LogP contribution in [0.4, 0.5) is 34.1 Å². The number of aryl methyl sites for hydroxylation is 8. The first-order chi connectivity index (χ1) is 66.5. The standard InChI is InChI=1S/C48H49N5.C40H33N5.C34H28N4O.3Pt/c1-32(2)41-22-14-23-42(33(3)4)47(41)51-28-45(49-30-51)36-16-12-20-39(26-36)53(38-18-10-9-11-19-38)40-21-13-17-37(27-40)46-29-52(31-50-46)48-43(34(5)6)24-15-25-44(48)35(7)8;1-28-12-8-13-29(2)39(28)43-24-37(41-26-43)32-16-10-20-35(22-32)45(34-18-6-5-7-19-34)36-21-11-17-33(23-36)38-25-44(27-42-38)40-30(3)14-9-15-31(40)4;1-23-9-5-10-24(2)33(23)37-19-31(35-21-37)27-13-7-15-29(17-27)39-30-16-8-14-28(18-30)32-20-38(22-36-32)34-25(3)11-6-12-26(34)4;;;/h9-25,28-35H,1-8H3;5-21,24-27H,1-4H3;5-16,19-22H,1-4H3;;;/q3*-2;3*+2. The summed E-state index contributed by atoms with van der Waals surface area (Å²) in [7, 11) is 0. The summed E-state index contributed by atoms with van der Waals surface area (Å²) in [6, 6.07) is 117. The van der Waals surface area contributed by atoms with Crippen molar-refractivity contribution in [2.75, 3.05) is 9.80 Å². The molecule has 704 valence electrons. The summed E-state index contributed by atoms with van der Waals surface area (Å²) in [4.78, 5) is 33.1. The third kappa shape index (κ3) is 21.9. The maximum atomic E-state index is 6.18. The molecule has 15 nitrogen and oxygen atoms in total. The summed E-state index contributed by atoms with van der Waals surface area (Å²) in [5, 5.41) is 0. The third-order valence-corrected chi connectivity index (χ3v) is 25.0. The van der Waals surface area contributed by atoms with E-state index in [4.69, 9.17) is 24.7 Å². The molecular weight excluding hydrogens is 2260 g/mol. The first-order valence-corrected chi connectivity index (χ1v) is 46.8. The van der Waals surface area contributed by atoms with Crippen molar-refractivity contribution in [1.82, 2.24) is 57.3 Å². The van der Waals surface area contributed by atoms with Crippen LogP contribution in [-0.4, -0.2) is 57.3 Å². The Kier molecular flexibility index (Phi) is 32.0. The Labute approximate surface area is 866 Å². The fraction of sp³-hybridized carbons (Fsp3) is 0.164. The third-order valence-electron chi connectivity index (χ3n) is 25.0. The Morgan fingerprint density at radius 1 is 0.214 bits per heavy atom. The van der Waals surface area contributed by atoms with E-state index in [1.807, 2.05) is 98.9 Å². The Bertz CT molecular complexity index is 7140. The van der Waals surface area contributed by atoms with E-state index in [2.05, 4.69) is 450 Å². The molecule has 14 aromatic carbocycles. The Morgan fingerprint density at radius 2 is 0.407 bits per heavy atom. The average Bonchev–Trinajstić information content (AvgIpc) is 1.55. The Morgan fingerprint density at radius 3 is 0.629 bits per heavy atom. The van der Waals surface area contributed by atoms with Crippen LogP contribution in [-0.2, 0) is 63.2 Å². The van der Waals surface area contributed by atoms with Gasteiger partial charge >= 0.3 is 63.2 Å². The van der Waals surface area contributed by atoms with Crippen LogP contribution in [0.2, 0.25) is 0 Å². The van der Waals surface area contributed by atoms with Crippen LogP contribution in [0.3, 0.4) is 0 Å². The van der Waals surface area contributed by atoms with Crippen molar-refractivity contribution < 1.29 is 67.9 Å². The number of para-hydroxylation sites is 8. The zero-order chi connectivity index (χ0) is 95.1. The fourth-order valence-electron chi connectivity index (χ4n) is 18.3. The van der Waals surface area contributed by atoms with E-state index in [-0.39, 0.29) is 63.2 Å². The molecule has 0 saturated heterocycles. The molecule has 0 saturated carbocycles. The van der Waals surface area contributed by atoms with Gasteiger partial charge in [0.25, 0.3) is 0 Å². The molecule has 18 heteroatoms. The van der Waals surface area contributed by atoms with Crippen molar-refractivity contribution in [3.8, 4) is 113 Å². The summed E-state index contributed by atoms with van der Waals surface area (Å²) < 4.78 is 18.9. The maximum Gasteiger partial charge on any atom is 2.00 e. The van der Waals surface area contributed by atoms with Crippen LogP contribution in [0.25, 0.3) is 102 Å². The monoisotopic (exact) mass is 2370 g/mol. The summed E-state index contributed by atoms with van der Waals surface area (Å²) >= 11 is 0. The van der Waals surface area contributed by atoms with Crippen molar-refractivity contribution in [3.05, 3.63) is 457 Å². The van der Waals surface area contributed by atoms with Crippen LogP contribution in [0.1, 0.15) is 146 Å². The molecule has 0 fully saturated rings. The Hall–Kier alpha value is -14.2. The molecule has 0 spiro atoms. The second-order valence-corrected chi connectivity index (χ2v) is 36.2. The number of aromatic nitrogens is 12. The predicted octanol–water partition coefficient (Wildman–Crippen LogP) is 30.7. The molecule has 20 rings (SSSR count). The van der Waals surface area contributed by atoms with E-state index in [0.29, 0.717) is 35.2 Å². The average molecular weight is 2370 g/mol. The number of hydrogen-bond acceptors (Lipinski definition) is 9. The number of rotatable bonds is 24. The molecule has 6 heterocycles. The first kappa shape index (κ1) is 100. The van der Waals surface area contributed by atoms with Gasteiger partial charge in [-0.05, 0) is 230 Å². The maximum absolute atomic E-state index is 6.18. The minimum atomic E-state index is 0.